The van der Waals surface area contributed by atoms with Crippen LogP contribution < -0.4 is 10.1 Å². The van der Waals surface area contributed by atoms with Crippen LogP contribution in [0.1, 0.15) is 55.6 Å². The van der Waals surface area contributed by atoms with Crippen LogP contribution in [0.25, 0.3) is 0 Å². The first-order valence-corrected chi connectivity index (χ1v) is 11.4. The Morgan fingerprint density at radius 3 is 2.79 bits per heavy atom. The smallest absolute Gasteiger partial charge is 0.220 e. The number of ether oxygens (including phenoxy) is 1. The molecule has 1 atom stereocenters. The molecule has 5 heteroatoms. The van der Waals surface area contributed by atoms with Gasteiger partial charge in [0.2, 0.25) is 5.91 Å². The SMILES string of the molecule is O=C(C[C@@H]1CC2(CCN(Cc3ccsc3)CC2)Oc2ccccc21)NC1CC1. The van der Waals surface area contributed by atoms with Crippen LogP contribution in [0.5, 0.6) is 5.75 Å². The number of rotatable bonds is 5. The molecule has 28 heavy (non-hydrogen) atoms. The molecule has 1 spiro atoms. The zero-order valence-electron chi connectivity index (χ0n) is 16.2. The zero-order chi connectivity index (χ0) is 19.0. The molecule has 2 fully saturated rings. The first-order chi connectivity index (χ1) is 13.7. The molecule has 2 aliphatic heterocycles. The molecule has 3 heterocycles. The number of benzene rings is 1. The maximum atomic E-state index is 12.5. The highest BCUT2D eigenvalue weighted by atomic mass is 32.1. The second-order valence-electron chi connectivity index (χ2n) is 8.68. The van der Waals surface area contributed by atoms with Gasteiger partial charge >= 0.3 is 0 Å². The topological polar surface area (TPSA) is 41.6 Å². The number of hydrogen-bond donors (Lipinski definition) is 1. The molecule has 1 aromatic carbocycles. The van der Waals surface area contributed by atoms with Gasteiger partial charge in [-0.25, -0.2) is 0 Å². The van der Waals surface area contributed by atoms with Gasteiger partial charge in [-0.15, -0.1) is 0 Å². The van der Waals surface area contributed by atoms with Gasteiger partial charge < -0.3 is 10.1 Å². The van der Waals surface area contributed by atoms with E-state index in [0.717, 1.165) is 57.5 Å². The van der Waals surface area contributed by atoms with Crippen molar-refractivity contribution in [3.8, 4) is 5.75 Å². The van der Waals surface area contributed by atoms with Crippen LogP contribution in [0.4, 0.5) is 0 Å². The molecule has 0 bridgehead atoms. The Morgan fingerprint density at radius 1 is 1.21 bits per heavy atom. The van der Waals surface area contributed by atoms with Gasteiger partial charge in [0.05, 0.1) is 0 Å². The Labute approximate surface area is 170 Å². The Bertz CT molecular complexity index is 823. The van der Waals surface area contributed by atoms with E-state index in [1.54, 1.807) is 11.3 Å². The summed E-state index contributed by atoms with van der Waals surface area (Å²) in [7, 11) is 0. The number of nitrogens with zero attached hydrogens (tertiary/aromatic N) is 1. The molecule has 1 saturated carbocycles. The molecule has 1 N–H and O–H groups in total. The number of amides is 1. The minimum absolute atomic E-state index is 0.121. The van der Waals surface area contributed by atoms with E-state index in [2.05, 4.69) is 45.2 Å². The quantitative estimate of drug-likeness (QED) is 0.818. The van der Waals surface area contributed by atoms with Crippen molar-refractivity contribution in [2.45, 2.75) is 62.6 Å². The number of hydrogen-bond acceptors (Lipinski definition) is 4. The average Bonchev–Trinajstić information content (AvgIpc) is 3.35. The molecular weight excluding hydrogens is 368 g/mol. The van der Waals surface area contributed by atoms with Crippen LogP contribution in [0, 0.1) is 0 Å². The first-order valence-electron chi connectivity index (χ1n) is 10.5. The molecule has 5 rings (SSSR count). The molecule has 0 radical (unpaired) electrons. The molecule has 1 amide bonds. The van der Waals surface area contributed by atoms with Gasteiger partial charge in [-0.05, 0) is 66.1 Å². The summed E-state index contributed by atoms with van der Waals surface area (Å²) in [6, 6.07) is 11.0. The van der Waals surface area contributed by atoms with Crippen LogP contribution in [-0.2, 0) is 11.3 Å². The summed E-state index contributed by atoms with van der Waals surface area (Å²) in [6.07, 6.45) is 5.88. The summed E-state index contributed by atoms with van der Waals surface area (Å²) in [5.41, 5.74) is 2.49. The van der Waals surface area contributed by atoms with E-state index >= 15 is 0 Å². The summed E-state index contributed by atoms with van der Waals surface area (Å²) in [4.78, 5) is 15.0. The van der Waals surface area contributed by atoms with Crippen LogP contribution >= 0.6 is 11.3 Å². The Kier molecular flexibility index (Phi) is 4.89. The molecule has 1 aliphatic carbocycles. The number of nitrogens with one attached hydrogen (secondary N) is 1. The van der Waals surface area contributed by atoms with Crippen LogP contribution in [0.3, 0.4) is 0 Å². The van der Waals surface area contributed by atoms with Gasteiger partial charge in [-0.2, -0.15) is 11.3 Å². The fourth-order valence-electron chi connectivity index (χ4n) is 4.73. The van der Waals surface area contributed by atoms with Crippen LogP contribution in [0.15, 0.2) is 41.1 Å². The van der Waals surface area contributed by atoms with Gasteiger partial charge in [-0.1, -0.05) is 18.2 Å². The summed E-state index contributed by atoms with van der Waals surface area (Å²) in [6.45, 7) is 3.14. The minimum atomic E-state index is -0.121. The molecule has 2 aromatic rings. The summed E-state index contributed by atoms with van der Waals surface area (Å²) < 4.78 is 6.59. The van der Waals surface area contributed by atoms with Crippen molar-refractivity contribution in [3.63, 3.8) is 0 Å². The lowest BCUT2D eigenvalue weighted by molar-refractivity contribution is -0.122. The van der Waals surface area contributed by atoms with Crippen molar-refractivity contribution in [2.24, 2.45) is 0 Å². The number of thiophene rings is 1. The van der Waals surface area contributed by atoms with E-state index in [4.69, 9.17) is 4.74 Å². The monoisotopic (exact) mass is 396 g/mol. The van der Waals surface area contributed by atoms with E-state index in [0.29, 0.717) is 12.5 Å². The second kappa shape index (κ2) is 7.53. The maximum absolute atomic E-state index is 12.5. The van der Waals surface area contributed by atoms with Crippen molar-refractivity contribution in [1.82, 2.24) is 10.2 Å². The third-order valence-corrected chi connectivity index (χ3v) is 7.16. The Morgan fingerprint density at radius 2 is 2.04 bits per heavy atom. The fourth-order valence-corrected chi connectivity index (χ4v) is 5.39. The Hall–Kier alpha value is -1.85. The third-order valence-electron chi connectivity index (χ3n) is 6.43. The first kappa shape index (κ1) is 18.2. The van der Waals surface area contributed by atoms with Crippen LogP contribution in [-0.4, -0.2) is 35.5 Å². The molecule has 1 saturated heterocycles. The number of likely N-dealkylation sites (tertiary alicyclic amines) is 1. The van der Waals surface area contributed by atoms with Crippen molar-refractivity contribution in [3.05, 3.63) is 52.2 Å². The number of para-hydroxylation sites is 1. The highest BCUT2D eigenvalue weighted by molar-refractivity contribution is 7.07. The van der Waals surface area contributed by atoms with Gasteiger partial charge in [0.1, 0.15) is 11.4 Å². The lowest BCUT2D eigenvalue weighted by Gasteiger charge is -2.47. The summed E-state index contributed by atoms with van der Waals surface area (Å²) >= 11 is 1.77. The zero-order valence-corrected chi connectivity index (χ0v) is 17.0. The highest BCUT2D eigenvalue weighted by Crippen LogP contribution is 2.46. The standard InChI is InChI=1S/C23H28N2O2S/c26-22(24-19-5-6-19)13-18-14-23(27-21-4-2-1-3-20(18)21)8-10-25(11-9-23)15-17-7-12-28-16-17/h1-4,7,12,16,18-19H,5-6,8-11,13-15H2,(H,24,26)/t18-/m1/s1. The van der Waals surface area contributed by atoms with Crippen molar-refractivity contribution in [1.29, 1.82) is 0 Å². The normalized spacial score (nSPS) is 23.8. The minimum Gasteiger partial charge on any atom is -0.487 e. The number of piperidine rings is 1. The lowest BCUT2D eigenvalue weighted by Crippen LogP contribution is -2.50. The molecule has 3 aliphatic rings. The van der Waals surface area contributed by atoms with E-state index in [1.807, 2.05) is 6.07 Å². The molecule has 1 aromatic heterocycles. The molecular formula is C23H28N2O2S. The predicted octanol–water partition coefficient (Wildman–Crippen LogP) is 4.32. The van der Waals surface area contributed by atoms with E-state index in [9.17, 15) is 4.79 Å². The average molecular weight is 397 g/mol. The molecule has 4 nitrogen and oxygen atoms in total. The maximum Gasteiger partial charge on any atom is 0.220 e. The largest absolute Gasteiger partial charge is 0.487 e. The van der Waals surface area contributed by atoms with Crippen LogP contribution in [0.2, 0.25) is 0 Å². The summed E-state index contributed by atoms with van der Waals surface area (Å²) in [5, 5.41) is 7.56. The van der Waals surface area contributed by atoms with Gasteiger partial charge in [0, 0.05) is 38.0 Å². The van der Waals surface area contributed by atoms with E-state index < -0.39 is 0 Å². The number of carbonyl (C=O) groups is 1. The number of fused-ring (bicyclic) bond motifs is 1. The van der Waals surface area contributed by atoms with Gasteiger partial charge in [-0.3, -0.25) is 9.69 Å². The van der Waals surface area contributed by atoms with Crippen molar-refractivity contribution < 1.29 is 9.53 Å². The third kappa shape index (κ3) is 3.96. The molecule has 148 valence electrons. The van der Waals surface area contributed by atoms with Crippen molar-refractivity contribution >= 4 is 17.2 Å². The highest BCUT2D eigenvalue weighted by Gasteiger charge is 2.43. The fraction of sp³-hybridized carbons (Fsp3) is 0.522. The molecule has 0 unspecified atom stereocenters. The van der Waals surface area contributed by atoms with E-state index in [-0.39, 0.29) is 17.4 Å². The Balaban J connectivity index is 1.28. The second-order valence-corrected chi connectivity index (χ2v) is 9.46. The van der Waals surface area contributed by atoms with E-state index in [1.165, 1.54) is 11.1 Å². The lowest BCUT2D eigenvalue weighted by atomic mass is 9.76. The predicted molar refractivity (Wildman–Crippen MR) is 112 cm³/mol. The summed E-state index contributed by atoms with van der Waals surface area (Å²) in [5.74, 6) is 1.45. The number of carbonyl (C=O) groups excluding carboxylic acids is 1. The van der Waals surface area contributed by atoms with Gasteiger partial charge in [0.15, 0.2) is 0 Å². The van der Waals surface area contributed by atoms with Gasteiger partial charge in [0.25, 0.3) is 0 Å². The van der Waals surface area contributed by atoms with Crippen molar-refractivity contribution in [2.75, 3.05) is 13.1 Å².